The van der Waals surface area contributed by atoms with E-state index in [0.29, 0.717) is 30.0 Å². The third kappa shape index (κ3) is 4.24. The Morgan fingerprint density at radius 3 is 2.53 bits per heavy atom. The SMILES string of the molecule is COc1ccc(CC(=O)NNC(=O)C2(C(C)C)OC3(O)CCCCCN3C2=O)cc1OC. The summed E-state index contributed by atoms with van der Waals surface area (Å²) in [7, 11) is 3.01. The molecule has 3 N–H and O–H groups in total. The van der Waals surface area contributed by atoms with Crippen LogP contribution in [-0.4, -0.2) is 60.0 Å². The van der Waals surface area contributed by atoms with Crippen LogP contribution in [0, 0.1) is 5.92 Å². The number of carbonyl (C=O) groups excluding carboxylic acids is 3. The minimum Gasteiger partial charge on any atom is -0.493 e. The lowest BCUT2D eigenvalue weighted by atomic mass is 9.88. The summed E-state index contributed by atoms with van der Waals surface area (Å²) in [6.07, 6.45) is 2.45. The van der Waals surface area contributed by atoms with Crippen LogP contribution in [0.4, 0.5) is 0 Å². The number of hydrogen-bond donors (Lipinski definition) is 3. The van der Waals surface area contributed by atoms with Crippen LogP contribution >= 0.6 is 0 Å². The summed E-state index contributed by atoms with van der Waals surface area (Å²) in [5.74, 6) is -3.30. The molecule has 10 nitrogen and oxygen atoms in total. The Hall–Kier alpha value is -2.85. The number of carbonyl (C=O) groups is 3. The highest BCUT2D eigenvalue weighted by molar-refractivity contribution is 6.10. The zero-order valence-electron chi connectivity index (χ0n) is 18.9. The molecule has 2 unspecified atom stereocenters. The topological polar surface area (TPSA) is 126 Å². The highest BCUT2D eigenvalue weighted by Crippen LogP contribution is 2.42. The molecule has 2 heterocycles. The van der Waals surface area contributed by atoms with Crippen LogP contribution in [0.25, 0.3) is 0 Å². The van der Waals surface area contributed by atoms with Crippen molar-refractivity contribution in [2.24, 2.45) is 5.92 Å². The summed E-state index contributed by atoms with van der Waals surface area (Å²) < 4.78 is 16.2. The molecule has 2 atom stereocenters. The lowest BCUT2D eigenvalue weighted by molar-refractivity contribution is -0.276. The quantitative estimate of drug-likeness (QED) is 0.434. The second-order valence-corrected chi connectivity index (χ2v) is 8.37. The molecule has 176 valence electrons. The first kappa shape index (κ1) is 23.8. The second kappa shape index (κ2) is 9.33. The average molecular weight is 450 g/mol. The van der Waals surface area contributed by atoms with E-state index in [1.807, 2.05) is 0 Å². The van der Waals surface area contributed by atoms with Gasteiger partial charge in [-0.15, -0.1) is 0 Å². The maximum absolute atomic E-state index is 13.2. The Labute approximate surface area is 187 Å². The van der Waals surface area contributed by atoms with Gasteiger partial charge in [-0.2, -0.15) is 0 Å². The van der Waals surface area contributed by atoms with Gasteiger partial charge in [-0.25, -0.2) is 0 Å². The van der Waals surface area contributed by atoms with Gasteiger partial charge >= 0.3 is 0 Å². The predicted molar refractivity (Wildman–Crippen MR) is 113 cm³/mol. The summed E-state index contributed by atoms with van der Waals surface area (Å²) in [6.45, 7) is 3.64. The molecule has 0 aliphatic carbocycles. The number of benzene rings is 1. The van der Waals surface area contributed by atoms with Crippen LogP contribution in [0.5, 0.6) is 11.5 Å². The van der Waals surface area contributed by atoms with E-state index in [2.05, 4.69) is 10.9 Å². The van der Waals surface area contributed by atoms with Gasteiger partial charge in [-0.3, -0.25) is 30.1 Å². The first-order chi connectivity index (χ1) is 15.2. The van der Waals surface area contributed by atoms with Crippen molar-refractivity contribution in [3.05, 3.63) is 23.8 Å². The highest BCUT2D eigenvalue weighted by Gasteiger charge is 2.65. The molecule has 3 amide bonds. The number of nitrogens with one attached hydrogen (secondary N) is 2. The van der Waals surface area contributed by atoms with E-state index >= 15 is 0 Å². The number of hydrogen-bond acceptors (Lipinski definition) is 7. The molecule has 2 aliphatic heterocycles. The van der Waals surface area contributed by atoms with Gasteiger partial charge < -0.3 is 19.3 Å². The van der Waals surface area contributed by atoms with Crippen molar-refractivity contribution in [2.75, 3.05) is 20.8 Å². The van der Waals surface area contributed by atoms with Crippen LogP contribution in [-0.2, 0) is 25.5 Å². The van der Waals surface area contributed by atoms with Gasteiger partial charge in [-0.05, 0) is 30.5 Å². The molecule has 3 rings (SSSR count). The van der Waals surface area contributed by atoms with Crippen LogP contribution in [0.2, 0.25) is 0 Å². The number of nitrogens with zero attached hydrogens (tertiary/aromatic N) is 1. The van der Waals surface area contributed by atoms with E-state index in [9.17, 15) is 19.5 Å². The molecule has 1 aromatic rings. The molecule has 0 spiro atoms. The predicted octanol–water partition coefficient (Wildman–Crippen LogP) is 0.867. The zero-order valence-corrected chi connectivity index (χ0v) is 18.9. The molecule has 32 heavy (non-hydrogen) atoms. The molecule has 10 heteroatoms. The molecule has 0 saturated carbocycles. The minimum atomic E-state index is -1.93. The van der Waals surface area contributed by atoms with Crippen molar-refractivity contribution in [3.63, 3.8) is 0 Å². The van der Waals surface area contributed by atoms with Crippen molar-refractivity contribution < 1.29 is 33.7 Å². The monoisotopic (exact) mass is 449 g/mol. The van der Waals surface area contributed by atoms with E-state index in [4.69, 9.17) is 14.2 Å². The summed E-state index contributed by atoms with van der Waals surface area (Å²) in [4.78, 5) is 40.0. The van der Waals surface area contributed by atoms with Crippen molar-refractivity contribution in [3.8, 4) is 11.5 Å². The van der Waals surface area contributed by atoms with Crippen molar-refractivity contribution in [2.45, 2.75) is 57.5 Å². The molecular formula is C22H31N3O7. The molecule has 0 bridgehead atoms. The van der Waals surface area contributed by atoms with Crippen LogP contribution < -0.4 is 20.3 Å². The molecule has 1 aromatic carbocycles. The van der Waals surface area contributed by atoms with E-state index in [1.165, 1.54) is 19.1 Å². The van der Waals surface area contributed by atoms with Gasteiger partial charge in [-0.1, -0.05) is 26.3 Å². The first-order valence-electron chi connectivity index (χ1n) is 10.7. The van der Waals surface area contributed by atoms with Crippen LogP contribution in [0.1, 0.15) is 45.1 Å². The number of hydrazine groups is 1. The van der Waals surface area contributed by atoms with E-state index in [-0.39, 0.29) is 12.8 Å². The lowest BCUT2D eigenvalue weighted by Crippen LogP contribution is -2.60. The number of amides is 3. The summed E-state index contributed by atoms with van der Waals surface area (Å²) in [5.41, 5.74) is 3.36. The average Bonchev–Trinajstić information content (AvgIpc) is 2.88. The first-order valence-corrected chi connectivity index (χ1v) is 10.7. The molecule has 0 aromatic heterocycles. The molecule has 2 aliphatic rings. The maximum Gasteiger partial charge on any atom is 0.280 e. The number of rotatable bonds is 6. The Bertz CT molecular complexity index is 890. The summed E-state index contributed by atoms with van der Waals surface area (Å²) in [5, 5.41) is 11.0. The maximum atomic E-state index is 13.2. The van der Waals surface area contributed by atoms with Gasteiger partial charge in [0.25, 0.3) is 17.7 Å². The van der Waals surface area contributed by atoms with Gasteiger partial charge in [0, 0.05) is 18.9 Å². The number of ether oxygens (including phenoxy) is 3. The van der Waals surface area contributed by atoms with Gasteiger partial charge in [0.15, 0.2) is 11.5 Å². The fourth-order valence-corrected chi connectivity index (χ4v) is 4.19. The highest BCUT2D eigenvalue weighted by atomic mass is 16.7. The van der Waals surface area contributed by atoms with Crippen LogP contribution in [0.3, 0.4) is 0 Å². The van der Waals surface area contributed by atoms with E-state index in [0.717, 1.165) is 12.8 Å². The van der Waals surface area contributed by atoms with Crippen molar-refractivity contribution in [1.29, 1.82) is 0 Å². The largest absolute Gasteiger partial charge is 0.493 e. The molecule has 2 fully saturated rings. The molecule has 0 radical (unpaired) electrons. The Balaban J connectivity index is 1.70. The number of fused-ring (bicyclic) bond motifs is 1. The zero-order chi connectivity index (χ0) is 23.5. The lowest BCUT2D eigenvalue weighted by Gasteiger charge is -2.31. The fourth-order valence-electron chi connectivity index (χ4n) is 4.19. The Kier molecular flexibility index (Phi) is 6.94. The standard InChI is InChI=1S/C22H31N3O7/c1-14(2)22(20(28)25-11-7-5-6-10-21(25,29)32-22)19(27)24-23-18(26)13-15-8-9-16(30-3)17(12-15)31-4/h8-9,12,14,29H,5-7,10-11,13H2,1-4H3,(H,23,26)(H,24,27). The normalized spacial score (nSPS) is 25.2. The minimum absolute atomic E-state index is 0.0415. The van der Waals surface area contributed by atoms with E-state index in [1.54, 1.807) is 32.0 Å². The fraction of sp³-hybridized carbons (Fsp3) is 0.591. The third-order valence-electron chi connectivity index (χ3n) is 5.97. The molecule has 2 saturated heterocycles. The number of methoxy groups -OCH3 is 2. The third-order valence-corrected chi connectivity index (χ3v) is 5.97. The van der Waals surface area contributed by atoms with Crippen molar-refractivity contribution >= 4 is 17.7 Å². The second-order valence-electron chi connectivity index (χ2n) is 8.37. The smallest absolute Gasteiger partial charge is 0.280 e. The molecular weight excluding hydrogens is 418 g/mol. The summed E-state index contributed by atoms with van der Waals surface area (Å²) >= 11 is 0. The van der Waals surface area contributed by atoms with Gasteiger partial charge in [0.1, 0.15) is 0 Å². The van der Waals surface area contributed by atoms with Crippen molar-refractivity contribution in [1.82, 2.24) is 15.8 Å². The number of aliphatic hydroxyl groups is 1. The summed E-state index contributed by atoms with van der Waals surface area (Å²) in [6, 6.07) is 5.05. The van der Waals surface area contributed by atoms with Gasteiger partial charge in [0.2, 0.25) is 11.5 Å². The van der Waals surface area contributed by atoms with Gasteiger partial charge in [0.05, 0.1) is 20.6 Å². The van der Waals surface area contributed by atoms with Crippen LogP contribution in [0.15, 0.2) is 18.2 Å². The Morgan fingerprint density at radius 1 is 1.16 bits per heavy atom. The Morgan fingerprint density at radius 2 is 1.88 bits per heavy atom. The van der Waals surface area contributed by atoms with E-state index < -0.39 is 35.2 Å².